The van der Waals surface area contributed by atoms with Crippen molar-refractivity contribution in [1.29, 1.82) is 0 Å². The summed E-state index contributed by atoms with van der Waals surface area (Å²) in [5.41, 5.74) is 10.0. The number of fused-ring (bicyclic) bond motifs is 1. The van der Waals surface area contributed by atoms with E-state index in [2.05, 4.69) is 17.1 Å². The van der Waals surface area contributed by atoms with Crippen molar-refractivity contribution in [3.8, 4) is 5.75 Å². The van der Waals surface area contributed by atoms with E-state index in [9.17, 15) is 0 Å². The molecule has 3 aliphatic rings. The van der Waals surface area contributed by atoms with Crippen LogP contribution in [-0.2, 0) is 6.61 Å². The van der Waals surface area contributed by atoms with Gasteiger partial charge in [0.25, 0.3) is 5.84 Å². The fourth-order valence-corrected chi connectivity index (χ4v) is 4.84. The number of hydrogen-bond donors (Lipinski definition) is 2. The van der Waals surface area contributed by atoms with Crippen LogP contribution in [0.5, 0.6) is 5.75 Å². The number of benzene rings is 2. The average molecular weight is 429 g/mol. The summed E-state index contributed by atoms with van der Waals surface area (Å²) < 4.78 is 6.11. The second-order valence-corrected chi connectivity index (χ2v) is 8.81. The topological polar surface area (TPSA) is 86.0 Å². The van der Waals surface area contributed by atoms with Crippen LogP contribution in [0.4, 0.5) is 0 Å². The van der Waals surface area contributed by atoms with Gasteiger partial charge in [-0.15, -0.1) is 4.59 Å². The van der Waals surface area contributed by atoms with Crippen molar-refractivity contribution >= 4 is 12.1 Å². The molecule has 0 spiro atoms. The number of nitrogens with zero attached hydrogens (tertiary/aromatic N) is 3. The molecular formula is C26H30N5O+. The second-order valence-electron chi connectivity index (χ2n) is 8.81. The third kappa shape index (κ3) is 3.93. The Labute approximate surface area is 189 Å². The first-order chi connectivity index (χ1) is 15.7. The van der Waals surface area contributed by atoms with Gasteiger partial charge in [-0.05, 0) is 61.9 Å². The van der Waals surface area contributed by atoms with Gasteiger partial charge < -0.3 is 10.5 Å². The van der Waals surface area contributed by atoms with Crippen molar-refractivity contribution in [2.45, 2.75) is 32.3 Å². The number of amidine groups is 1. The standard InChI is InChI=1S/C26H30N5O/c27-16-19-9-11-21(12-10-19)25-24-17-29-13-14-31(24,28)26(30-25)22-7-4-8-23(15-22)32-18-20-5-2-1-3-6-20/h1-8,13-15,17,19,21H,9-12,16,18,27-28H2/q+1. The normalized spacial score (nSPS) is 26.8. The fraction of sp³-hybridized carbons (Fsp3) is 0.308. The molecule has 2 heterocycles. The largest absolute Gasteiger partial charge is 0.489 e. The second kappa shape index (κ2) is 8.82. The van der Waals surface area contributed by atoms with E-state index in [1.165, 1.54) is 0 Å². The number of ether oxygens (including phenoxy) is 1. The molecular weight excluding hydrogens is 398 g/mol. The van der Waals surface area contributed by atoms with E-state index in [4.69, 9.17) is 21.3 Å². The molecule has 6 nitrogen and oxygen atoms in total. The minimum absolute atomic E-state index is 0.0534. The van der Waals surface area contributed by atoms with Crippen LogP contribution in [0.1, 0.15) is 36.8 Å². The van der Waals surface area contributed by atoms with Crippen LogP contribution in [0.25, 0.3) is 0 Å². The molecule has 0 radical (unpaired) electrons. The number of allylic oxidation sites excluding steroid dienone is 2. The molecule has 32 heavy (non-hydrogen) atoms. The highest BCUT2D eigenvalue weighted by Gasteiger charge is 2.46. The van der Waals surface area contributed by atoms with E-state index >= 15 is 0 Å². The molecule has 1 aliphatic carbocycles. The summed E-state index contributed by atoms with van der Waals surface area (Å²) in [5.74, 6) is 9.54. The van der Waals surface area contributed by atoms with Crippen LogP contribution in [0.3, 0.4) is 0 Å². The van der Waals surface area contributed by atoms with Gasteiger partial charge in [0.15, 0.2) is 0 Å². The average Bonchev–Trinajstić information content (AvgIpc) is 3.16. The van der Waals surface area contributed by atoms with Crippen LogP contribution in [0, 0.1) is 11.8 Å². The molecule has 2 aliphatic heterocycles. The third-order valence-corrected chi connectivity index (χ3v) is 6.73. The van der Waals surface area contributed by atoms with Crippen molar-refractivity contribution in [2.24, 2.45) is 33.4 Å². The monoisotopic (exact) mass is 428 g/mol. The molecule has 2 aromatic carbocycles. The maximum atomic E-state index is 6.92. The lowest BCUT2D eigenvalue weighted by atomic mass is 9.80. The Hall–Kier alpha value is -3.06. The quantitative estimate of drug-likeness (QED) is 0.533. The van der Waals surface area contributed by atoms with Crippen molar-refractivity contribution in [3.05, 3.63) is 89.5 Å². The summed E-state index contributed by atoms with van der Waals surface area (Å²) in [6.45, 7) is 1.29. The molecule has 0 bridgehead atoms. The number of aliphatic imine (C=N–C) groups is 2. The summed E-state index contributed by atoms with van der Waals surface area (Å²) in [5, 5.41) is 0. The molecule has 2 aromatic rings. The molecule has 6 heteroatoms. The summed E-state index contributed by atoms with van der Waals surface area (Å²) in [7, 11) is 0. The first kappa shape index (κ1) is 20.8. The molecule has 164 valence electrons. The summed E-state index contributed by atoms with van der Waals surface area (Å²) >= 11 is 0. The van der Waals surface area contributed by atoms with Gasteiger partial charge in [-0.3, -0.25) is 4.99 Å². The lowest BCUT2D eigenvalue weighted by Crippen LogP contribution is -2.53. The summed E-state index contributed by atoms with van der Waals surface area (Å²) in [4.78, 5) is 9.50. The number of nitrogens with two attached hydrogens (primary N) is 2. The van der Waals surface area contributed by atoms with Crippen LogP contribution < -0.4 is 16.3 Å². The number of hydrogen-bond acceptors (Lipinski definition) is 5. The van der Waals surface area contributed by atoms with Crippen LogP contribution >= 0.6 is 0 Å². The minimum Gasteiger partial charge on any atom is -0.489 e. The van der Waals surface area contributed by atoms with E-state index < -0.39 is 0 Å². The Bertz CT molecular complexity index is 1100. The van der Waals surface area contributed by atoms with Crippen molar-refractivity contribution in [3.63, 3.8) is 0 Å². The Morgan fingerprint density at radius 1 is 1.00 bits per heavy atom. The molecule has 5 rings (SSSR count). The Kier molecular flexibility index (Phi) is 5.74. The molecule has 0 saturated heterocycles. The lowest BCUT2D eigenvalue weighted by Gasteiger charge is -2.29. The zero-order valence-corrected chi connectivity index (χ0v) is 18.2. The van der Waals surface area contributed by atoms with Crippen molar-refractivity contribution < 1.29 is 9.33 Å². The van der Waals surface area contributed by atoms with Gasteiger partial charge in [-0.1, -0.05) is 36.4 Å². The van der Waals surface area contributed by atoms with Gasteiger partial charge in [-0.25, -0.2) is 0 Å². The molecule has 4 N–H and O–H groups in total. The molecule has 1 fully saturated rings. The van der Waals surface area contributed by atoms with Crippen LogP contribution in [0.2, 0.25) is 0 Å². The van der Waals surface area contributed by atoms with Gasteiger partial charge in [0.1, 0.15) is 24.3 Å². The highest BCUT2D eigenvalue weighted by Crippen LogP contribution is 2.41. The molecule has 0 amide bonds. The van der Waals surface area contributed by atoms with E-state index in [1.807, 2.05) is 54.9 Å². The maximum Gasteiger partial charge on any atom is 0.265 e. The van der Waals surface area contributed by atoms with Crippen LogP contribution in [-0.4, -0.2) is 23.2 Å². The lowest BCUT2D eigenvalue weighted by molar-refractivity contribution is -0.750. The van der Waals surface area contributed by atoms with Gasteiger partial charge in [-0.2, -0.15) is 10.8 Å². The maximum absolute atomic E-state index is 6.92. The van der Waals surface area contributed by atoms with Gasteiger partial charge in [0.05, 0.1) is 18.0 Å². The van der Waals surface area contributed by atoms with Crippen molar-refractivity contribution in [2.75, 3.05) is 6.54 Å². The number of quaternary nitrogens is 1. The van der Waals surface area contributed by atoms with Gasteiger partial charge >= 0.3 is 0 Å². The van der Waals surface area contributed by atoms with E-state index in [0.29, 0.717) is 18.4 Å². The highest BCUT2D eigenvalue weighted by molar-refractivity contribution is 6.00. The molecule has 1 saturated carbocycles. The SMILES string of the molecule is NCC1CCC(C2=C3C=NC=C[N+]3(N)C(c3cccc(OCc4ccccc4)c3)=N2)CC1. The van der Waals surface area contributed by atoms with Gasteiger partial charge in [0, 0.05) is 5.92 Å². The minimum atomic E-state index is 0.0534. The predicted octanol–water partition coefficient (Wildman–Crippen LogP) is 4.25. The van der Waals surface area contributed by atoms with Gasteiger partial charge in [0.2, 0.25) is 5.70 Å². The van der Waals surface area contributed by atoms with E-state index in [-0.39, 0.29) is 4.59 Å². The highest BCUT2D eigenvalue weighted by atomic mass is 16.5. The molecule has 1 atom stereocenters. The first-order valence-corrected chi connectivity index (χ1v) is 11.4. The van der Waals surface area contributed by atoms with Crippen molar-refractivity contribution in [1.82, 2.24) is 0 Å². The Balaban J connectivity index is 1.42. The number of rotatable bonds is 6. The van der Waals surface area contributed by atoms with Crippen LogP contribution in [0.15, 0.2) is 88.4 Å². The smallest absolute Gasteiger partial charge is 0.265 e. The third-order valence-electron chi connectivity index (χ3n) is 6.73. The molecule has 0 aromatic heterocycles. The first-order valence-electron chi connectivity index (χ1n) is 11.4. The summed E-state index contributed by atoms with van der Waals surface area (Å²) in [6, 6.07) is 18.2. The predicted molar refractivity (Wildman–Crippen MR) is 127 cm³/mol. The Morgan fingerprint density at radius 3 is 2.59 bits per heavy atom. The zero-order valence-electron chi connectivity index (χ0n) is 18.2. The fourth-order valence-electron chi connectivity index (χ4n) is 4.84. The van der Waals surface area contributed by atoms with E-state index in [0.717, 1.165) is 66.3 Å². The Morgan fingerprint density at radius 2 is 1.81 bits per heavy atom. The van der Waals surface area contributed by atoms with E-state index in [1.54, 1.807) is 6.20 Å². The summed E-state index contributed by atoms with van der Waals surface area (Å²) in [6.07, 6.45) is 10.0. The zero-order chi connectivity index (χ0) is 22.0. The molecule has 1 unspecified atom stereocenters.